The maximum absolute atomic E-state index is 11.1. The molecule has 2 heterocycles. The van der Waals surface area contributed by atoms with E-state index in [4.69, 9.17) is 5.73 Å². The number of likely N-dealkylation sites (N-methyl/N-ethyl adjacent to an activating group) is 1. The van der Waals surface area contributed by atoms with Gasteiger partial charge in [-0.2, -0.15) is 0 Å². The number of thioether (sulfide) groups is 1. The second kappa shape index (κ2) is 4.20. The van der Waals surface area contributed by atoms with E-state index in [1.807, 2.05) is 30.3 Å². The fourth-order valence-electron chi connectivity index (χ4n) is 1.72. The largest absolute Gasteiger partial charge is 0.368 e. The molecule has 1 aliphatic rings. The molecule has 2 rings (SSSR count). The second-order valence-corrected chi connectivity index (χ2v) is 4.67. The van der Waals surface area contributed by atoms with Crippen LogP contribution in [0, 0.1) is 0 Å². The number of pyridine rings is 1. The molecule has 4 nitrogen and oxygen atoms in total. The first kappa shape index (κ1) is 10.4. The third-order valence-corrected chi connectivity index (χ3v) is 4.00. The van der Waals surface area contributed by atoms with Gasteiger partial charge >= 0.3 is 0 Å². The minimum Gasteiger partial charge on any atom is -0.368 e. The summed E-state index contributed by atoms with van der Waals surface area (Å²) in [4.78, 5) is 17.2. The van der Waals surface area contributed by atoms with Crippen molar-refractivity contribution in [2.45, 2.75) is 11.4 Å². The predicted octanol–water partition coefficient (Wildman–Crippen LogP) is 0.613. The molecule has 1 aromatic heterocycles. The fraction of sp³-hybridized carbons (Fsp3) is 0.400. The molecule has 2 unspecified atom stereocenters. The van der Waals surface area contributed by atoms with Gasteiger partial charge in [0.1, 0.15) is 0 Å². The summed E-state index contributed by atoms with van der Waals surface area (Å²) in [6, 6.07) is 3.76. The number of primary amides is 1. The molecule has 5 heteroatoms. The van der Waals surface area contributed by atoms with Crippen LogP contribution in [-0.4, -0.2) is 34.6 Å². The van der Waals surface area contributed by atoms with Crippen molar-refractivity contribution in [1.29, 1.82) is 0 Å². The summed E-state index contributed by atoms with van der Waals surface area (Å²) in [6.07, 6.45) is 3.58. The molecule has 1 aliphatic heterocycles. The smallest absolute Gasteiger partial charge is 0.235 e. The minimum atomic E-state index is -0.253. The van der Waals surface area contributed by atoms with Gasteiger partial charge < -0.3 is 5.73 Å². The predicted molar refractivity (Wildman–Crippen MR) is 60.2 cm³/mol. The highest BCUT2D eigenvalue weighted by atomic mass is 32.2. The molecule has 0 saturated carbocycles. The summed E-state index contributed by atoms with van der Waals surface area (Å²) in [5.41, 5.74) is 6.44. The van der Waals surface area contributed by atoms with Gasteiger partial charge in [0.25, 0.3) is 0 Å². The first-order valence-electron chi connectivity index (χ1n) is 4.73. The van der Waals surface area contributed by atoms with Crippen LogP contribution >= 0.6 is 11.8 Å². The van der Waals surface area contributed by atoms with Gasteiger partial charge in [0.15, 0.2) is 0 Å². The average Bonchev–Trinajstić information content (AvgIpc) is 2.61. The van der Waals surface area contributed by atoms with Gasteiger partial charge in [-0.1, -0.05) is 6.07 Å². The number of rotatable bonds is 2. The molecule has 1 amide bonds. The lowest BCUT2D eigenvalue weighted by Crippen LogP contribution is -2.40. The standard InChI is InChI=1S/C10H13N3OS/c1-13-8(9(11)14)6-15-10(13)7-3-2-4-12-5-7/h2-5,8,10H,6H2,1H3,(H2,11,14). The van der Waals surface area contributed by atoms with Crippen LogP contribution in [-0.2, 0) is 4.79 Å². The van der Waals surface area contributed by atoms with E-state index in [2.05, 4.69) is 4.98 Å². The van der Waals surface area contributed by atoms with E-state index in [9.17, 15) is 4.79 Å². The van der Waals surface area contributed by atoms with Crippen LogP contribution in [0.15, 0.2) is 24.5 Å². The molecule has 15 heavy (non-hydrogen) atoms. The van der Waals surface area contributed by atoms with Gasteiger partial charge in [0, 0.05) is 18.1 Å². The van der Waals surface area contributed by atoms with Crippen LogP contribution in [0.5, 0.6) is 0 Å². The van der Waals surface area contributed by atoms with Crippen LogP contribution in [0.4, 0.5) is 0 Å². The van der Waals surface area contributed by atoms with E-state index in [0.29, 0.717) is 0 Å². The zero-order chi connectivity index (χ0) is 10.8. The van der Waals surface area contributed by atoms with Gasteiger partial charge in [-0.3, -0.25) is 14.7 Å². The lowest BCUT2D eigenvalue weighted by atomic mass is 10.2. The molecule has 1 fully saturated rings. The van der Waals surface area contributed by atoms with Crippen molar-refractivity contribution in [3.05, 3.63) is 30.1 Å². The number of aromatic nitrogens is 1. The van der Waals surface area contributed by atoms with Crippen molar-refractivity contribution in [3.8, 4) is 0 Å². The summed E-state index contributed by atoms with van der Waals surface area (Å²) >= 11 is 1.73. The van der Waals surface area contributed by atoms with Gasteiger partial charge in [0.05, 0.1) is 11.4 Å². The Kier molecular flexibility index (Phi) is 2.93. The van der Waals surface area contributed by atoms with Gasteiger partial charge in [-0.05, 0) is 18.7 Å². The number of carbonyl (C=O) groups is 1. The number of nitrogens with zero attached hydrogens (tertiary/aromatic N) is 2. The van der Waals surface area contributed by atoms with Crippen molar-refractivity contribution in [1.82, 2.24) is 9.88 Å². The molecule has 0 radical (unpaired) electrons. The van der Waals surface area contributed by atoms with Crippen molar-refractivity contribution in [3.63, 3.8) is 0 Å². The Hall–Kier alpha value is -1.07. The lowest BCUT2D eigenvalue weighted by molar-refractivity contribution is -0.121. The van der Waals surface area contributed by atoms with Crippen molar-refractivity contribution in [2.75, 3.05) is 12.8 Å². The Labute approximate surface area is 92.9 Å². The normalized spacial score (nSPS) is 26.7. The topological polar surface area (TPSA) is 59.2 Å². The van der Waals surface area contributed by atoms with Gasteiger partial charge in [-0.15, -0.1) is 11.8 Å². The molecule has 0 spiro atoms. The lowest BCUT2D eigenvalue weighted by Gasteiger charge is -2.22. The van der Waals surface area contributed by atoms with E-state index in [1.165, 1.54) is 0 Å². The average molecular weight is 223 g/mol. The molecular weight excluding hydrogens is 210 g/mol. The zero-order valence-electron chi connectivity index (χ0n) is 8.46. The van der Waals surface area contributed by atoms with Crippen LogP contribution in [0.2, 0.25) is 0 Å². The van der Waals surface area contributed by atoms with E-state index in [1.54, 1.807) is 18.0 Å². The highest BCUT2D eigenvalue weighted by molar-refractivity contribution is 7.99. The van der Waals surface area contributed by atoms with Crippen molar-refractivity contribution in [2.24, 2.45) is 5.73 Å². The highest BCUT2D eigenvalue weighted by Gasteiger charge is 2.35. The molecule has 0 bridgehead atoms. The van der Waals surface area contributed by atoms with Crippen LogP contribution < -0.4 is 5.73 Å². The highest BCUT2D eigenvalue weighted by Crippen LogP contribution is 2.39. The zero-order valence-corrected chi connectivity index (χ0v) is 9.28. The molecule has 2 atom stereocenters. The van der Waals surface area contributed by atoms with Gasteiger partial charge in [-0.25, -0.2) is 0 Å². The Balaban J connectivity index is 2.17. The number of carbonyl (C=O) groups excluding carboxylic acids is 1. The molecular formula is C10H13N3OS. The molecule has 0 aliphatic carbocycles. The summed E-state index contributed by atoms with van der Waals surface area (Å²) in [6.45, 7) is 0. The fourth-order valence-corrected chi connectivity index (χ4v) is 3.20. The van der Waals surface area contributed by atoms with Crippen molar-refractivity contribution < 1.29 is 4.79 Å². The Morgan fingerprint density at radius 2 is 2.53 bits per heavy atom. The maximum Gasteiger partial charge on any atom is 0.235 e. The van der Waals surface area contributed by atoms with Gasteiger partial charge in [0.2, 0.25) is 5.91 Å². The minimum absolute atomic E-state index is 0.166. The number of hydrogen-bond donors (Lipinski definition) is 1. The third-order valence-electron chi connectivity index (χ3n) is 2.57. The SMILES string of the molecule is CN1C(C(N)=O)CSC1c1cccnc1. The first-order valence-corrected chi connectivity index (χ1v) is 5.78. The Bertz CT molecular complexity index is 357. The summed E-state index contributed by atoms with van der Waals surface area (Å²) < 4.78 is 0. The van der Waals surface area contributed by atoms with E-state index in [-0.39, 0.29) is 17.3 Å². The van der Waals surface area contributed by atoms with Crippen LogP contribution in [0.1, 0.15) is 10.9 Å². The molecule has 0 aromatic carbocycles. The summed E-state index contributed by atoms with van der Waals surface area (Å²) in [7, 11) is 1.92. The maximum atomic E-state index is 11.1. The third kappa shape index (κ3) is 1.98. The Morgan fingerprint density at radius 1 is 1.73 bits per heavy atom. The van der Waals surface area contributed by atoms with Crippen molar-refractivity contribution >= 4 is 17.7 Å². The molecule has 1 saturated heterocycles. The van der Waals surface area contributed by atoms with E-state index in [0.717, 1.165) is 11.3 Å². The number of nitrogens with two attached hydrogens (primary N) is 1. The van der Waals surface area contributed by atoms with Crippen LogP contribution in [0.25, 0.3) is 0 Å². The Morgan fingerprint density at radius 3 is 3.07 bits per heavy atom. The quantitative estimate of drug-likeness (QED) is 0.798. The number of amides is 1. The van der Waals surface area contributed by atoms with E-state index < -0.39 is 0 Å². The molecule has 1 aromatic rings. The molecule has 80 valence electrons. The number of hydrogen-bond acceptors (Lipinski definition) is 4. The summed E-state index contributed by atoms with van der Waals surface area (Å²) in [5.74, 6) is 0.502. The second-order valence-electron chi connectivity index (χ2n) is 3.56. The summed E-state index contributed by atoms with van der Waals surface area (Å²) in [5, 5.41) is 0.191. The monoisotopic (exact) mass is 223 g/mol. The van der Waals surface area contributed by atoms with E-state index >= 15 is 0 Å². The molecule has 2 N–H and O–H groups in total. The van der Waals surface area contributed by atoms with Crippen LogP contribution in [0.3, 0.4) is 0 Å². The first-order chi connectivity index (χ1) is 7.20.